The lowest BCUT2D eigenvalue weighted by atomic mass is 10.2. The Morgan fingerprint density at radius 3 is 2.85 bits per heavy atom. The lowest BCUT2D eigenvalue weighted by molar-refractivity contribution is 0.0531. The van der Waals surface area contributed by atoms with Crippen LogP contribution in [0.15, 0.2) is 27.9 Å². The highest BCUT2D eigenvalue weighted by Crippen LogP contribution is 2.36. The van der Waals surface area contributed by atoms with Crippen molar-refractivity contribution in [1.82, 2.24) is 9.97 Å². The molecule has 1 aromatic carbocycles. The Balaban J connectivity index is 1.99. The highest BCUT2D eigenvalue weighted by atomic mass is 32.2. The van der Waals surface area contributed by atoms with Gasteiger partial charge in [-0.2, -0.15) is 0 Å². The summed E-state index contributed by atoms with van der Waals surface area (Å²) in [6.45, 7) is 5.33. The van der Waals surface area contributed by atoms with E-state index in [1.807, 2.05) is 0 Å². The third kappa shape index (κ3) is 3.89. The van der Waals surface area contributed by atoms with Gasteiger partial charge in [0.25, 0.3) is 5.56 Å². The van der Waals surface area contributed by atoms with E-state index < -0.39 is 22.9 Å². The molecule has 3 rings (SSSR count). The van der Waals surface area contributed by atoms with Crippen LogP contribution >= 0.6 is 23.1 Å². The second-order valence-corrected chi connectivity index (χ2v) is 8.12. The summed E-state index contributed by atoms with van der Waals surface area (Å²) in [5.74, 6) is -1.27. The lowest BCUT2D eigenvalue weighted by Gasteiger charge is -2.11. The van der Waals surface area contributed by atoms with E-state index in [9.17, 15) is 18.4 Å². The quantitative estimate of drug-likeness (QED) is 0.492. The number of ether oxygens (including phenoxy) is 1. The zero-order valence-electron chi connectivity index (χ0n) is 14.8. The summed E-state index contributed by atoms with van der Waals surface area (Å²) in [5, 5.41) is -0.104. The maximum Gasteiger partial charge on any atom is 0.348 e. The molecule has 2 aromatic heterocycles. The van der Waals surface area contributed by atoms with Crippen LogP contribution in [0.1, 0.15) is 40.2 Å². The number of hydrogen-bond donors (Lipinski definition) is 1. The number of hydrogen-bond acceptors (Lipinski definition) is 6. The minimum Gasteiger partial charge on any atom is -0.462 e. The maximum atomic E-state index is 13.9. The Labute approximate surface area is 161 Å². The van der Waals surface area contributed by atoms with Crippen molar-refractivity contribution < 1.29 is 18.3 Å². The molecule has 2 heterocycles. The molecule has 1 N–H and O–H groups in total. The van der Waals surface area contributed by atoms with Crippen molar-refractivity contribution in [2.45, 2.75) is 30.9 Å². The highest BCUT2D eigenvalue weighted by molar-refractivity contribution is 7.99. The minimum atomic E-state index is -0.548. The van der Waals surface area contributed by atoms with Crippen LogP contribution in [0.3, 0.4) is 0 Å². The smallest absolute Gasteiger partial charge is 0.348 e. The first-order valence-electron chi connectivity index (χ1n) is 8.14. The van der Waals surface area contributed by atoms with E-state index >= 15 is 0 Å². The van der Waals surface area contributed by atoms with Gasteiger partial charge in [-0.25, -0.2) is 18.6 Å². The summed E-state index contributed by atoms with van der Waals surface area (Å²) >= 11 is 2.13. The van der Waals surface area contributed by atoms with Crippen molar-refractivity contribution in [2.24, 2.45) is 0 Å². The number of fused-ring (bicyclic) bond motifs is 1. The maximum absolute atomic E-state index is 13.9. The Bertz CT molecular complexity index is 1080. The van der Waals surface area contributed by atoms with Crippen LogP contribution in [0.25, 0.3) is 10.2 Å². The summed E-state index contributed by atoms with van der Waals surface area (Å²) in [6.07, 6.45) is 0. The van der Waals surface area contributed by atoms with Gasteiger partial charge in [0.2, 0.25) is 0 Å². The standard InChI is InChI=1S/C18H16F2N2O3S2/c1-4-25-18(24)14-8(2)13-16(23)21-15(22-17(13)27-14)9(3)26-12-7-10(19)5-6-11(12)20/h5-7,9H,4H2,1-3H3,(H,21,22,23)/t9-/m0/s1. The van der Waals surface area contributed by atoms with Gasteiger partial charge in [-0.1, -0.05) is 0 Å². The molecule has 142 valence electrons. The molecule has 0 saturated heterocycles. The van der Waals surface area contributed by atoms with E-state index in [2.05, 4.69) is 9.97 Å². The van der Waals surface area contributed by atoms with Crippen LogP contribution in [-0.4, -0.2) is 22.5 Å². The highest BCUT2D eigenvalue weighted by Gasteiger charge is 2.22. The van der Waals surface area contributed by atoms with Crippen LogP contribution in [0.5, 0.6) is 0 Å². The van der Waals surface area contributed by atoms with Gasteiger partial charge in [0, 0.05) is 4.90 Å². The molecule has 0 radical (unpaired) electrons. The number of aromatic amines is 1. The third-order valence-electron chi connectivity index (χ3n) is 3.86. The zero-order valence-corrected chi connectivity index (χ0v) is 16.4. The number of H-pyrrole nitrogens is 1. The molecule has 1 atom stereocenters. The van der Waals surface area contributed by atoms with Crippen LogP contribution in [0, 0.1) is 18.6 Å². The summed E-state index contributed by atoms with van der Waals surface area (Å²) in [7, 11) is 0. The lowest BCUT2D eigenvalue weighted by Crippen LogP contribution is -2.13. The Morgan fingerprint density at radius 2 is 2.15 bits per heavy atom. The van der Waals surface area contributed by atoms with Crippen molar-refractivity contribution >= 4 is 39.3 Å². The molecule has 0 aliphatic carbocycles. The predicted molar refractivity (Wildman–Crippen MR) is 102 cm³/mol. The number of esters is 1. The molecule has 0 aliphatic rings. The Hall–Kier alpha value is -2.26. The molecule has 0 bridgehead atoms. The number of aromatic nitrogens is 2. The predicted octanol–water partition coefficient (Wildman–Crippen LogP) is 4.60. The van der Waals surface area contributed by atoms with E-state index in [0.717, 1.165) is 41.3 Å². The van der Waals surface area contributed by atoms with Gasteiger partial charge in [0.1, 0.15) is 27.2 Å². The molecule has 3 aromatic rings. The van der Waals surface area contributed by atoms with Gasteiger partial charge in [0.15, 0.2) is 0 Å². The molecule has 0 amide bonds. The number of thiophene rings is 1. The van der Waals surface area contributed by atoms with Crippen LogP contribution in [0.4, 0.5) is 8.78 Å². The second-order valence-electron chi connectivity index (χ2n) is 5.74. The normalized spacial score (nSPS) is 12.3. The number of benzene rings is 1. The number of halogens is 2. The summed E-state index contributed by atoms with van der Waals surface area (Å²) < 4.78 is 32.2. The molecule has 0 aliphatic heterocycles. The number of nitrogens with one attached hydrogen (secondary N) is 1. The fourth-order valence-electron chi connectivity index (χ4n) is 2.56. The largest absolute Gasteiger partial charge is 0.462 e. The average Bonchev–Trinajstić information content (AvgIpc) is 2.95. The van der Waals surface area contributed by atoms with Crippen LogP contribution < -0.4 is 5.56 Å². The van der Waals surface area contributed by atoms with Crippen molar-refractivity contribution in [3.63, 3.8) is 0 Å². The molecular formula is C18H16F2N2O3S2. The van der Waals surface area contributed by atoms with Gasteiger partial charge < -0.3 is 9.72 Å². The third-order valence-corrected chi connectivity index (χ3v) is 6.17. The van der Waals surface area contributed by atoms with Crippen molar-refractivity contribution in [1.29, 1.82) is 0 Å². The molecular weight excluding hydrogens is 394 g/mol. The Morgan fingerprint density at radius 1 is 1.41 bits per heavy atom. The summed E-state index contributed by atoms with van der Waals surface area (Å²) in [5.41, 5.74) is 0.136. The summed E-state index contributed by atoms with van der Waals surface area (Å²) in [6, 6.07) is 3.20. The fourth-order valence-corrected chi connectivity index (χ4v) is 4.61. The number of thioether (sulfide) groups is 1. The molecule has 9 heteroatoms. The van der Waals surface area contributed by atoms with E-state index in [0.29, 0.717) is 26.5 Å². The summed E-state index contributed by atoms with van der Waals surface area (Å²) in [4.78, 5) is 32.5. The minimum absolute atomic E-state index is 0.125. The Kier molecular flexibility index (Phi) is 5.61. The molecule has 0 fully saturated rings. The average molecular weight is 410 g/mol. The molecule has 27 heavy (non-hydrogen) atoms. The zero-order chi connectivity index (χ0) is 19.7. The first kappa shape index (κ1) is 19.5. The monoisotopic (exact) mass is 410 g/mol. The van der Waals surface area contributed by atoms with Gasteiger partial charge in [-0.05, 0) is 44.5 Å². The van der Waals surface area contributed by atoms with E-state index in [1.54, 1.807) is 20.8 Å². The number of aryl methyl sites for hydroxylation is 1. The van der Waals surface area contributed by atoms with Gasteiger partial charge in [0.05, 0.1) is 17.2 Å². The molecule has 0 saturated carbocycles. The number of carbonyl (C=O) groups excluding carboxylic acids is 1. The van der Waals surface area contributed by atoms with Crippen LogP contribution in [-0.2, 0) is 4.74 Å². The van der Waals surface area contributed by atoms with E-state index in [1.165, 1.54) is 0 Å². The van der Waals surface area contributed by atoms with E-state index in [4.69, 9.17) is 4.74 Å². The topological polar surface area (TPSA) is 72.0 Å². The van der Waals surface area contributed by atoms with Crippen molar-refractivity contribution in [3.8, 4) is 0 Å². The first-order valence-corrected chi connectivity index (χ1v) is 9.83. The van der Waals surface area contributed by atoms with Crippen LogP contribution in [0.2, 0.25) is 0 Å². The fraction of sp³-hybridized carbons (Fsp3) is 0.278. The van der Waals surface area contributed by atoms with Crippen molar-refractivity contribution in [3.05, 3.63) is 56.5 Å². The number of nitrogens with zero attached hydrogens (tertiary/aromatic N) is 1. The second kappa shape index (κ2) is 7.77. The molecule has 0 spiro atoms. The SMILES string of the molecule is CCOC(=O)c1sc2nc([C@H](C)Sc3cc(F)ccc3F)[nH]c(=O)c2c1C. The first-order chi connectivity index (χ1) is 12.8. The van der Waals surface area contributed by atoms with Gasteiger partial charge >= 0.3 is 5.97 Å². The van der Waals surface area contributed by atoms with E-state index in [-0.39, 0.29) is 17.1 Å². The number of carbonyl (C=O) groups is 1. The molecule has 5 nitrogen and oxygen atoms in total. The van der Waals surface area contributed by atoms with Gasteiger partial charge in [-0.15, -0.1) is 23.1 Å². The molecule has 0 unspecified atom stereocenters. The van der Waals surface area contributed by atoms with Crippen molar-refractivity contribution in [2.75, 3.05) is 6.61 Å². The number of rotatable bonds is 5. The van der Waals surface area contributed by atoms with Gasteiger partial charge in [-0.3, -0.25) is 4.79 Å².